The number of hydrogen-bond acceptors (Lipinski definition) is 14. The molecule has 2 aromatic rings. The zero-order valence-corrected chi connectivity index (χ0v) is 58.8. The van der Waals surface area contributed by atoms with Gasteiger partial charge in [-0.3, -0.25) is 0 Å². The van der Waals surface area contributed by atoms with Gasteiger partial charge in [-0.15, -0.1) is 0 Å². The van der Waals surface area contributed by atoms with E-state index in [0.717, 1.165) is 38.5 Å². The number of carbonyl (C=O) groups is 4. The first kappa shape index (κ1) is 84.4. The number of benzene rings is 2. The van der Waals surface area contributed by atoms with Gasteiger partial charge in [-0.05, 0) is 49.9 Å². The van der Waals surface area contributed by atoms with Gasteiger partial charge in [0.1, 0.15) is 20.2 Å². The first-order chi connectivity index (χ1) is 41.6. The predicted molar refractivity (Wildman–Crippen MR) is 352 cm³/mol. The standard InChI is InChI=1S/2C35H60O7S.Ca/c2*1-3-5-6-7-8-9-10-11-12-13-14-15-16-17-18-19-20-21-22-23-26-30-41-34(36)31-28-24-25-29-32(31)35(37)42-33(27-4-2)43(38,39)40;/h2*24-25,28-29,33H,3-23,26-27,30H2,1-2H3,(H,38,39,40);/q;;+2/p-2. The molecule has 2 aromatic carbocycles. The van der Waals surface area contributed by atoms with E-state index >= 15 is 0 Å². The molecule has 0 N–H and O–H groups in total. The molecule has 0 aromatic heterocycles. The molecule has 17 heteroatoms. The number of esters is 4. The Labute approximate surface area is 559 Å². The van der Waals surface area contributed by atoms with E-state index in [1.165, 1.54) is 268 Å². The van der Waals surface area contributed by atoms with Crippen molar-refractivity contribution in [3.8, 4) is 0 Å². The second kappa shape index (κ2) is 57.3. The van der Waals surface area contributed by atoms with Crippen LogP contribution in [0.1, 0.15) is 364 Å². The third-order valence-electron chi connectivity index (χ3n) is 15.9. The normalized spacial score (nSPS) is 12.1. The maximum absolute atomic E-state index is 12.6. The smallest absolute Gasteiger partial charge is 0.745 e. The van der Waals surface area contributed by atoms with E-state index in [-0.39, 0.29) is 86.0 Å². The van der Waals surface area contributed by atoms with Crippen molar-refractivity contribution in [2.45, 2.75) is 334 Å². The third kappa shape index (κ3) is 46.2. The fourth-order valence-electron chi connectivity index (χ4n) is 10.6. The molecule has 0 amide bonds. The third-order valence-corrected chi connectivity index (χ3v) is 17.8. The number of hydrogen-bond donors (Lipinski definition) is 0. The molecule has 0 saturated carbocycles. The van der Waals surface area contributed by atoms with Crippen LogP contribution < -0.4 is 0 Å². The first-order valence-electron chi connectivity index (χ1n) is 34.5. The molecule has 2 rings (SSSR count). The second-order valence-corrected chi connectivity index (χ2v) is 26.8. The second-order valence-electron chi connectivity index (χ2n) is 23.7. The maximum Gasteiger partial charge on any atom is 2.00 e. The fraction of sp³-hybridized carbons (Fsp3) is 0.771. The molecule has 2 unspecified atom stereocenters. The Balaban J connectivity index is 0.00000168. The van der Waals surface area contributed by atoms with E-state index in [0.29, 0.717) is 12.8 Å². The molecule has 0 spiro atoms. The van der Waals surface area contributed by atoms with Gasteiger partial charge in [0, 0.05) is 0 Å². The van der Waals surface area contributed by atoms with Crippen LogP contribution >= 0.6 is 0 Å². The van der Waals surface area contributed by atoms with E-state index in [1.54, 1.807) is 26.0 Å². The molecule has 0 fully saturated rings. The number of rotatable bonds is 56. The van der Waals surface area contributed by atoms with Gasteiger partial charge in [-0.2, -0.15) is 0 Å². The minimum Gasteiger partial charge on any atom is -0.745 e. The molecular formula is C70H118CaO14S2. The van der Waals surface area contributed by atoms with Gasteiger partial charge in [0.15, 0.2) is 10.9 Å². The Morgan fingerprint density at radius 2 is 0.494 bits per heavy atom. The average Bonchev–Trinajstić information content (AvgIpc) is 2.38. The number of unbranched alkanes of at least 4 members (excludes halogenated alkanes) is 40. The Kier molecular flexibility index (Phi) is 55.6. The summed E-state index contributed by atoms with van der Waals surface area (Å²) >= 11 is 0. The average molecular weight is 1290 g/mol. The van der Waals surface area contributed by atoms with E-state index in [1.807, 2.05) is 0 Å². The van der Waals surface area contributed by atoms with Crippen LogP contribution in [0.4, 0.5) is 0 Å². The van der Waals surface area contributed by atoms with Crippen molar-refractivity contribution in [1.29, 1.82) is 0 Å². The van der Waals surface area contributed by atoms with E-state index in [2.05, 4.69) is 13.8 Å². The van der Waals surface area contributed by atoms with Crippen molar-refractivity contribution < 1.29 is 64.1 Å². The Morgan fingerprint density at radius 1 is 0.310 bits per heavy atom. The van der Waals surface area contributed by atoms with Crippen molar-refractivity contribution in [3.63, 3.8) is 0 Å². The monoisotopic (exact) mass is 1290 g/mol. The van der Waals surface area contributed by atoms with E-state index in [9.17, 15) is 45.1 Å². The summed E-state index contributed by atoms with van der Waals surface area (Å²) in [5, 5.41) is 0. The predicted octanol–water partition coefficient (Wildman–Crippen LogP) is 19.4. The largest absolute Gasteiger partial charge is 2.00 e. The van der Waals surface area contributed by atoms with Crippen molar-refractivity contribution in [2.75, 3.05) is 13.2 Å². The molecule has 0 aliphatic heterocycles. The molecule has 87 heavy (non-hydrogen) atoms. The quantitative estimate of drug-likeness (QED) is 0.0198. The topological polar surface area (TPSA) is 220 Å². The van der Waals surface area contributed by atoms with Crippen molar-refractivity contribution in [3.05, 3.63) is 70.8 Å². The molecule has 0 saturated heterocycles. The Hall–Kier alpha value is -2.60. The van der Waals surface area contributed by atoms with Crippen LogP contribution in [0.3, 0.4) is 0 Å². The Bertz CT molecular complexity index is 2080. The van der Waals surface area contributed by atoms with Crippen LogP contribution in [0.15, 0.2) is 48.5 Å². The minimum absolute atomic E-state index is 0. The molecular weight excluding hydrogens is 1170 g/mol. The molecule has 0 radical (unpaired) electrons. The van der Waals surface area contributed by atoms with Gasteiger partial charge in [0.2, 0.25) is 0 Å². The molecule has 2 atom stereocenters. The van der Waals surface area contributed by atoms with Gasteiger partial charge in [-0.25, -0.2) is 36.0 Å². The maximum atomic E-state index is 12.6. The van der Waals surface area contributed by atoms with E-state index < -0.39 is 55.0 Å². The van der Waals surface area contributed by atoms with Crippen LogP contribution in [0.5, 0.6) is 0 Å². The van der Waals surface area contributed by atoms with Crippen LogP contribution in [0.25, 0.3) is 0 Å². The zero-order chi connectivity index (χ0) is 63.2. The summed E-state index contributed by atoms with van der Waals surface area (Å²) in [6.07, 6.45) is 55.3. The molecule has 0 aliphatic rings. The molecule has 14 nitrogen and oxygen atoms in total. The van der Waals surface area contributed by atoms with Crippen LogP contribution in [-0.4, -0.2) is 112 Å². The fourth-order valence-corrected chi connectivity index (χ4v) is 12.1. The van der Waals surface area contributed by atoms with Crippen LogP contribution in [-0.2, 0) is 39.2 Å². The van der Waals surface area contributed by atoms with Gasteiger partial charge >= 0.3 is 61.6 Å². The summed E-state index contributed by atoms with van der Waals surface area (Å²) in [7, 11) is -9.63. The van der Waals surface area contributed by atoms with Crippen molar-refractivity contribution in [1.82, 2.24) is 0 Å². The minimum atomic E-state index is -4.82. The van der Waals surface area contributed by atoms with Crippen LogP contribution in [0.2, 0.25) is 0 Å². The van der Waals surface area contributed by atoms with Crippen molar-refractivity contribution >= 4 is 81.9 Å². The summed E-state index contributed by atoms with van der Waals surface area (Å²) in [6.45, 7) is 8.40. The van der Waals surface area contributed by atoms with Gasteiger partial charge in [0.25, 0.3) is 0 Å². The first-order valence-corrected chi connectivity index (χ1v) is 37.4. The molecule has 0 heterocycles. The summed E-state index contributed by atoms with van der Waals surface area (Å²) in [5.41, 5.74) is -3.81. The SMILES string of the molecule is CCCCCCCCCCCCCCCCCCCCCCCOC(=O)c1ccccc1C(=O)OC(CCC)S(=O)(=O)[O-].CCCCCCCCCCCCCCCCCCCCCCCOC(=O)c1ccccc1C(=O)OC(CCC)S(=O)(=O)[O-].[Ca+2]. The van der Waals surface area contributed by atoms with Crippen molar-refractivity contribution in [2.24, 2.45) is 0 Å². The van der Waals surface area contributed by atoms with Crippen LogP contribution in [0, 0.1) is 0 Å². The molecule has 496 valence electrons. The zero-order valence-electron chi connectivity index (χ0n) is 55.0. The van der Waals surface area contributed by atoms with Gasteiger partial charge < -0.3 is 28.1 Å². The Morgan fingerprint density at radius 3 is 0.678 bits per heavy atom. The summed E-state index contributed by atoms with van der Waals surface area (Å²) < 4.78 is 89.0. The molecule has 0 bridgehead atoms. The molecule has 0 aliphatic carbocycles. The number of ether oxygens (including phenoxy) is 4. The van der Waals surface area contributed by atoms with E-state index in [4.69, 9.17) is 18.9 Å². The summed E-state index contributed by atoms with van der Waals surface area (Å²) in [4.78, 5) is 50.2. The number of carbonyl (C=O) groups excluding carboxylic acids is 4. The summed E-state index contributed by atoms with van der Waals surface area (Å²) in [6, 6.07) is 11.8. The summed E-state index contributed by atoms with van der Waals surface area (Å²) in [5.74, 6) is -3.39. The van der Waals surface area contributed by atoms with Gasteiger partial charge in [0.05, 0.1) is 35.5 Å². The van der Waals surface area contributed by atoms with Gasteiger partial charge in [-0.1, -0.05) is 322 Å².